The van der Waals surface area contributed by atoms with Crippen molar-refractivity contribution < 1.29 is 9.53 Å². The third kappa shape index (κ3) is 4.61. The molecule has 1 aromatic heterocycles. The molecule has 1 heterocycles. The van der Waals surface area contributed by atoms with Gasteiger partial charge in [-0.3, -0.25) is 0 Å². The highest BCUT2D eigenvalue weighted by atomic mass is 16.5. The average molecular weight is 362 g/mol. The number of aromatic nitrogens is 2. The van der Waals surface area contributed by atoms with E-state index in [1.807, 2.05) is 62.4 Å². The summed E-state index contributed by atoms with van der Waals surface area (Å²) in [5.41, 5.74) is 5.46. The lowest BCUT2D eigenvalue weighted by Gasteiger charge is -2.11. The van der Waals surface area contributed by atoms with Gasteiger partial charge >= 0.3 is 6.03 Å². The molecule has 138 valence electrons. The summed E-state index contributed by atoms with van der Waals surface area (Å²) in [6.45, 7) is 4.30. The summed E-state index contributed by atoms with van der Waals surface area (Å²) in [5.74, 6) is 0.790. The average Bonchev–Trinajstić information content (AvgIpc) is 2.70. The van der Waals surface area contributed by atoms with E-state index in [0.29, 0.717) is 6.54 Å². The number of hydrogen-bond acceptors (Lipinski definition) is 4. The number of carbonyl (C=O) groups excluding carboxylic acids is 1. The second-order valence-electron chi connectivity index (χ2n) is 6.18. The zero-order chi connectivity index (χ0) is 19.2. The summed E-state index contributed by atoms with van der Waals surface area (Å²) in [7, 11) is 1.63. The van der Waals surface area contributed by atoms with Gasteiger partial charge in [-0.2, -0.15) is 0 Å². The van der Waals surface area contributed by atoms with Gasteiger partial charge in [-0.05, 0) is 61.4 Å². The van der Waals surface area contributed by atoms with Crippen LogP contribution in [0, 0.1) is 13.8 Å². The fourth-order valence-corrected chi connectivity index (χ4v) is 2.64. The Balaban J connectivity index is 1.64. The minimum absolute atomic E-state index is 0.270. The van der Waals surface area contributed by atoms with Crippen LogP contribution in [0.2, 0.25) is 0 Å². The van der Waals surface area contributed by atoms with Crippen molar-refractivity contribution in [3.63, 3.8) is 0 Å². The Labute approximate surface area is 158 Å². The van der Waals surface area contributed by atoms with Crippen molar-refractivity contribution in [2.24, 2.45) is 0 Å². The molecule has 3 rings (SSSR count). The van der Waals surface area contributed by atoms with E-state index in [2.05, 4.69) is 20.6 Å². The van der Waals surface area contributed by atoms with Crippen LogP contribution >= 0.6 is 0 Å². The molecule has 0 radical (unpaired) electrons. The molecule has 6 heteroatoms. The highest BCUT2D eigenvalue weighted by molar-refractivity contribution is 5.90. The Kier molecular flexibility index (Phi) is 5.66. The van der Waals surface area contributed by atoms with Crippen LogP contribution in [0.1, 0.15) is 16.8 Å². The van der Waals surface area contributed by atoms with Crippen LogP contribution in [-0.2, 0) is 6.54 Å². The van der Waals surface area contributed by atoms with Crippen LogP contribution in [0.25, 0.3) is 11.3 Å². The number of nitrogens with one attached hydrogen (secondary N) is 2. The van der Waals surface area contributed by atoms with Crippen LogP contribution in [0.4, 0.5) is 10.5 Å². The van der Waals surface area contributed by atoms with Gasteiger partial charge in [-0.25, -0.2) is 14.8 Å². The Hall–Kier alpha value is -3.41. The standard InChI is InChI=1S/C21H22N4O2/c1-14-5-4-6-19(15(14)2)25-21(26)22-12-17-11-20(24-13-23-17)16-7-9-18(27-3)10-8-16/h4-11,13H,12H2,1-3H3,(H2,22,25,26). The normalized spacial score (nSPS) is 10.3. The maximum Gasteiger partial charge on any atom is 0.319 e. The van der Waals surface area contributed by atoms with Crippen molar-refractivity contribution in [3.05, 3.63) is 71.7 Å². The fourth-order valence-electron chi connectivity index (χ4n) is 2.64. The quantitative estimate of drug-likeness (QED) is 0.717. The molecule has 0 aliphatic rings. The molecular formula is C21H22N4O2. The van der Waals surface area contributed by atoms with Gasteiger partial charge in [0, 0.05) is 11.3 Å². The lowest BCUT2D eigenvalue weighted by molar-refractivity contribution is 0.251. The number of amides is 2. The van der Waals surface area contributed by atoms with Crippen molar-refractivity contribution in [2.75, 3.05) is 12.4 Å². The molecule has 27 heavy (non-hydrogen) atoms. The molecule has 0 atom stereocenters. The zero-order valence-electron chi connectivity index (χ0n) is 15.6. The van der Waals surface area contributed by atoms with E-state index in [4.69, 9.17) is 4.74 Å². The van der Waals surface area contributed by atoms with Crippen LogP contribution in [0.3, 0.4) is 0 Å². The molecule has 2 amide bonds. The first-order chi connectivity index (χ1) is 13.1. The number of nitrogens with zero attached hydrogens (tertiary/aromatic N) is 2. The van der Waals surface area contributed by atoms with E-state index in [0.717, 1.165) is 39.5 Å². The summed E-state index contributed by atoms with van der Waals surface area (Å²) >= 11 is 0. The number of benzene rings is 2. The van der Waals surface area contributed by atoms with E-state index in [1.165, 1.54) is 6.33 Å². The van der Waals surface area contributed by atoms with Gasteiger partial charge < -0.3 is 15.4 Å². The van der Waals surface area contributed by atoms with E-state index in [1.54, 1.807) is 7.11 Å². The van der Waals surface area contributed by atoms with Gasteiger partial charge in [0.05, 0.1) is 25.0 Å². The number of methoxy groups -OCH3 is 1. The minimum atomic E-state index is -0.270. The van der Waals surface area contributed by atoms with Gasteiger partial charge in [-0.1, -0.05) is 12.1 Å². The number of anilines is 1. The first kappa shape index (κ1) is 18.4. The Bertz CT molecular complexity index is 939. The number of carbonyl (C=O) groups is 1. The second-order valence-corrected chi connectivity index (χ2v) is 6.18. The third-order valence-electron chi connectivity index (χ3n) is 4.39. The largest absolute Gasteiger partial charge is 0.497 e. The molecule has 6 nitrogen and oxygen atoms in total. The molecule has 2 N–H and O–H groups in total. The number of hydrogen-bond donors (Lipinski definition) is 2. The molecule has 0 aliphatic carbocycles. The number of urea groups is 1. The van der Waals surface area contributed by atoms with E-state index in [-0.39, 0.29) is 6.03 Å². The van der Waals surface area contributed by atoms with E-state index in [9.17, 15) is 4.79 Å². The summed E-state index contributed by atoms with van der Waals surface area (Å²) in [6.07, 6.45) is 1.50. The molecule has 3 aromatic rings. The summed E-state index contributed by atoms with van der Waals surface area (Å²) in [6, 6.07) is 15.0. The van der Waals surface area contributed by atoms with Crippen LogP contribution in [0.5, 0.6) is 5.75 Å². The van der Waals surface area contributed by atoms with Crippen molar-refractivity contribution in [1.29, 1.82) is 0 Å². The summed E-state index contributed by atoms with van der Waals surface area (Å²) < 4.78 is 5.17. The minimum Gasteiger partial charge on any atom is -0.497 e. The maximum absolute atomic E-state index is 12.2. The van der Waals surface area contributed by atoms with Gasteiger partial charge in [0.2, 0.25) is 0 Å². The third-order valence-corrected chi connectivity index (χ3v) is 4.39. The predicted molar refractivity (Wildman–Crippen MR) is 106 cm³/mol. The van der Waals surface area contributed by atoms with Gasteiger partial charge in [0.25, 0.3) is 0 Å². The number of aryl methyl sites for hydroxylation is 1. The van der Waals surface area contributed by atoms with Gasteiger partial charge in [0.15, 0.2) is 0 Å². The van der Waals surface area contributed by atoms with Gasteiger partial charge in [0.1, 0.15) is 12.1 Å². The van der Waals surface area contributed by atoms with Crippen LogP contribution in [-0.4, -0.2) is 23.1 Å². The lowest BCUT2D eigenvalue weighted by atomic mass is 10.1. The monoisotopic (exact) mass is 362 g/mol. The molecule has 0 unspecified atom stereocenters. The smallest absolute Gasteiger partial charge is 0.319 e. The van der Waals surface area contributed by atoms with Gasteiger partial charge in [-0.15, -0.1) is 0 Å². The highest BCUT2D eigenvalue weighted by Crippen LogP contribution is 2.21. The summed E-state index contributed by atoms with van der Waals surface area (Å²) in [4.78, 5) is 20.7. The highest BCUT2D eigenvalue weighted by Gasteiger charge is 2.07. The molecule has 0 fully saturated rings. The predicted octanol–water partition coefficient (Wildman–Crippen LogP) is 4.09. The Morgan fingerprint density at radius 3 is 2.59 bits per heavy atom. The molecule has 0 bridgehead atoms. The molecule has 0 spiro atoms. The van der Waals surface area contributed by atoms with Crippen molar-refractivity contribution in [3.8, 4) is 17.0 Å². The number of ether oxygens (including phenoxy) is 1. The molecule has 0 aliphatic heterocycles. The van der Waals surface area contributed by atoms with E-state index < -0.39 is 0 Å². The van der Waals surface area contributed by atoms with Crippen LogP contribution in [0.15, 0.2) is 54.9 Å². The first-order valence-electron chi connectivity index (χ1n) is 8.63. The first-order valence-corrected chi connectivity index (χ1v) is 8.63. The van der Waals surface area contributed by atoms with Crippen molar-refractivity contribution in [1.82, 2.24) is 15.3 Å². The van der Waals surface area contributed by atoms with Crippen molar-refractivity contribution in [2.45, 2.75) is 20.4 Å². The molecule has 0 saturated carbocycles. The summed E-state index contributed by atoms with van der Waals surface area (Å²) in [5, 5.41) is 5.70. The molecule has 0 saturated heterocycles. The zero-order valence-corrected chi connectivity index (χ0v) is 15.6. The molecule has 2 aromatic carbocycles. The SMILES string of the molecule is COc1ccc(-c2cc(CNC(=O)Nc3cccc(C)c3C)ncn2)cc1. The molecular weight excluding hydrogens is 340 g/mol. The maximum atomic E-state index is 12.2. The Morgan fingerprint density at radius 2 is 1.85 bits per heavy atom. The fraction of sp³-hybridized carbons (Fsp3) is 0.190. The van der Waals surface area contributed by atoms with Crippen LogP contribution < -0.4 is 15.4 Å². The number of rotatable bonds is 5. The topological polar surface area (TPSA) is 76.1 Å². The second kappa shape index (κ2) is 8.31. The Morgan fingerprint density at radius 1 is 1.07 bits per heavy atom. The van der Waals surface area contributed by atoms with E-state index >= 15 is 0 Å². The van der Waals surface area contributed by atoms with Crippen molar-refractivity contribution >= 4 is 11.7 Å². The lowest BCUT2D eigenvalue weighted by Crippen LogP contribution is -2.28.